The first-order valence-electron chi connectivity index (χ1n) is 26.0. The molecular formula is C52H71N15O9S2. The minimum Gasteiger partial charge on any atom is -0.370 e. The van der Waals surface area contributed by atoms with Crippen molar-refractivity contribution in [2.75, 3.05) is 18.1 Å². The number of aromatic amines is 2. The van der Waals surface area contributed by atoms with Gasteiger partial charge in [-0.1, -0.05) is 104 Å². The van der Waals surface area contributed by atoms with Crippen LogP contribution in [0.1, 0.15) is 76.6 Å². The highest BCUT2D eigenvalue weighted by Crippen LogP contribution is 2.32. The summed E-state index contributed by atoms with van der Waals surface area (Å²) < 4.78 is 0. The summed E-state index contributed by atoms with van der Waals surface area (Å²) in [6, 6.07) is 5.53. The number of primary amides is 1. The van der Waals surface area contributed by atoms with Gasteiger partial charge in [-0.3, -0.25) is 48.2 Å². The highest BCUT2D eigenvalue weighted by Gasteiger charge is 2.47. The number of benzene rings is 2. The third kappa shape index (κ3) is 16.5. The summed E-state index contributed by atoms with van der Waals surface area (Å²) in [5, 5.41) is 20.1. The lowest BCUT2D eigenvalue weighted by molar-refractivity contribution is -0.136. The monoisotopic (exact) mass is 1110 g/mol. The largest absolute Gasteiger partial charge is 0.370 e. The lowest BCUT2D eigenvalue weighted by atomic mass is 9.93. The summed E-state index contributed by atoms with van der Waals surface area (Å²) in [5.74, 6) is -7.83. The molecule has 2 saturated heterocycles. The van der Waals surface area contributed by atoms with Gasteiger partial charge >= 0.3 is 6.03 Å². The summed E-state index contributed by atoms with van der Waals surface area (Å²) >= 11 is 0. The molecule has 15 N–H and O–H groups in total. The number of H-pyrrole nitrogens is 2. The number of imidazole rings is 1. The zero-order valence-corrected chi connectivity index (χ0v) is 45.7. The molecule has 2 fully saturated rings. The van der Waals surface area contributed by atoms with Crippen molar-refractivity contribution in [2.24, 2.45) is 34.0 Å². The molecule has 0 aliphatic carbocycles. The first-order chi connectivity index (χ1) is 37.3. The highest BCUT2D eigenvalue weighted by molar-refractivity contribution is 8.76. The van der Waals surface area contributed by atoms with E-state index >= 15 is 0 Å². The molecule has 0 saturated carbocycles. The number of hydrogen-bond acceptors (Lipinski definition) is 13. The maximum Gasteiger partial charge on any atom is 0.325 e. The average Bonchev–Trinajstić information content (AvgIpc) is 4.20. The van der Waals surface area contributed by atoms with E-state index in [1.807, 2.05) is 31.2 Å². The summed E-state index contributed by atoms with van der Waals surface area (Å²) in [5.41, 5.74) is 19.6. The van der Waals surface area contributed by atoms with E-state index in [2.05, 4.69) is 57.2 Å². The number of guanidine groups is 1. The normalized spacial score (nSPS) is 24.0. The molecule has 6 rings (SSSR count). The molecule has 10 amide bonds. The van der Waals surface area contributed by atoms with E-state index in [0.29, 0.717) is 29.7 Å². The van der Waals surface area contributed by atoms with Gasteiger partial charge in [0.1, 0.15) is 42.3 Å². The summed E-state index contributed by atoms with van der Waals surface area (Å²) in [4.78, 5) is 144. The van der Waals surface area contributed by atoms with Gasteiger partial charge in [0.25, 0.3) is 5.91 Å². The van der Waals surface area contributed by atoms with E-state index in [4.69, 9.17) is 17.2 Å². The molecule has 24 nitrogen and oxygen atoms in total. The van der Waals surface area contributed by atoms with Gasteiger partial charge in [-0.15, -0.1) is 0 Å². The maximum atomic E-state index is 14.7. The van der Waals surface area contributed by atoms with Crippen LogP contribution in [0, 0.1) is 11.8 Å². The number of nitrogens with one attached hydrogen (secondary N) is 9. The Bertz CT molecular complexity index is 2770. The fourth-order valence-electron chi connectivity index (χ4n) is 9.16. The first kappa shape index (κ1) is 59.6. The third-order valence-corrected chi connectivity index (χ3v) is 15.9. The van der Waals surface area contributed by atoms with Gasteiger partial charge in [0, 0.05) is 66.3 Å². The first-order valence-corrected chi connectivity index (χ1v) is 28.4. The molecule has 78 heavy (non-hydrogen) atoms. The number of hydrogen-bond donors (Lipinski definition) is 12. The Kier molecular flexibility index (Phi) is 21.9. The number of aromatic nitrogens is 3. The molecule has 9 atom stereocenters. The van der Waals surface area contributed by atoms with Crippen LogP contribution in [0.2, 0.25) is 0 Å². The summed E-state index contributed by atoms with van der Waals surface area (Å²) in [6.45, 7) is 6.99. The molecule has 2 aromatic heterocycles. The van der Waals surface area contributed by atoms with Crippen LogP contribution in [-0.4, -0.2) is 145 Å². The van der Waals surface area contributed by atoms with Gasteiger partial charge < -0.3 is 64.4 Å². The number of nitrogens with zero attached hydrogens (tertiary/aromatic N) is 3. The van der Waals surface area contributed by atoms with Crippen molar-refractivity contribution in [1.29, 1.82) is 0 Å². The molecule has 4 heterocycles. The molecule has 4 aromatic rings. The second-order valence-corrected chi connectivity index (χ2v) is 22.2. The van der Waals surface area contributed by atoms with Gasteiger partial charge in [0.05, 0.1) is 18.3 Å². The second-order valence-electron chi connectivity index (χ2n) is 19.7. The number of urea groups is 1. The molecule has 9 unspecified atom stereocenters. The number of carbonyl (C=O) groups is 9. The van der Waals surface area contributed by atoms with Gasteiger partial charge in [-0.2, -0.15) is 0 Å². The van der Waals surface area contributed by atoms with Crippen molar-refractivity contribution in [3.05, 3.63) is 90.1 Å². The number of para-hydroxylation sites is 1. The maximum absolute atomic E-state index is 14.7. The molecule has 0 radical (unpaired) electrons. The average molecular weight is 1110 g/mol. The Morgan fingerprint density at radius 1 is 0.718 bits per heavy atom. The molecule has 420 valence electrons. The zero-order chi connectivity index (χ0) is 56.5. The Hall–Kier alpha value is -7.61. The number of carbonyl (C=O) groups excluding carboxylic acids is 9. The van der Waals surface area contributed by atoms with Gasteiger partial charge in [0.2, 0.25) is 41.4 Å². The van der Waals surface area contributed by atoms with Gasteiger partial charge in [0.15, 0.2) is 5.96 Å². The number of imide groups is 1. The number of fused-ring (bicyclic) bond motifs is 1. The van der Waals surface area contributed by atoms with Crippen LogP contribution in [0.3, 0.4) is 0 Å². The molecule has 2 aliphatic heterocycles. The molecule has 0 bridgehead atoms. The van der Waals surface area contributed by atoms with Crippen LogP contribution < -0.4 is 54.4 Å². The molecular weight excluding hydrogens is 1040 g/mol. The van der Waals surface area contributed by atoms with Crippen LogP contribution in [0.5, 0.6) is 0 Å². The summed E-state index contributed by atoms with van der Waals surface area (Å²) in [6.07, 6.45) is 5.78. The molecule has 0 spiro atoms. The lowest BCUT2D eigenvalue weighted by Gasteiger charge is -2.33. The number of unbranched alkanes of at least 4 members (excludes halogenated alkanes) is 1. The number of rotatable bonds is 17. The Morgan fingerprint density at radius 2 is 1.35 bits per heavy atom. The smallest absolute Gasteiger partial charge is 0.325 e. The zero-order valence-electron chi connectivity index (χ0n) is 44.0. The quantitative estimate of drug-likeness (QED) is 0.0226. The molecule has 2 aromatic carbocycles. The van der Waals surface area contributed by atoms with Crippen molar-refractivity contribution < 1.29 is 43.2 Å². The van der Waals surface area contributed by atoms with E-state index in [1.165, 1.54) is 19.4 Å². The van der Waals surface area contributed by atoms with Crippen molar-refractivity contribution in [1.82, 2.24) is 57.1 Å². The van der Waals surface area contributed by atoms with Crippen LogP contribution in [-0.2, 0) is 57.6 Å². The minimum absolute atomic E-state index is 0.0448. The van der Waals surface area contributed by atoms with Crippen molar-refractivity contribution >= 4 is 91.7 Å². The fourth-order valence-corrected chi connectivity index (χ4v) is 11.7. The third-order valence-electron chi connectivity index (χ3n) is 13.5. The SMILES string of the molecule is CCCCC(C1CSSCC(C(N)=O)NC(=O)C(Cc2c[nH]c3ccccc23)NC(=O)C(CCCN=C(N)N)NC(=O)C(Cc2ccccc2)NC(=O)C(Cc2cnc[nH]2)NC(=O)C(C)NC1=O)N1C(=O)NC(C(C)C)C1=O. The topological polar surface area (TPSA) is 376 Å². The van der Waals surface area contributed by atoms with Crippen LogP contribution in [0.25, 0.3) is 10.9 Å². The van der Waals surface area contributed by atoms with E-state index < -0.39 is 108 Å². The van der Waals surface area contributed by atoms with E-state index in [0.717, 1.165) is 37.4 Å². The molecule has 2 aliphatic rings. The predicted octanol–water partition coefficient (Wildman–Crippen LogP) is 0.533. The Balaban J connectivity index is 1.41. The fraction of sp³-hybridized carbons (Fsp3) is 0.481. The van der Waals surface area contributed by atoms with Gasteiger partial charge in [-0.05, 0) is 49.3 Å². The van der Waals surface area contributed by atoms with Crippen LogP contribution in [0.15, 0.2) is 78.3 Å². The highest BCUT2D eigenvalue weighted by atomic mass is 33.1. The lowest BCUT2D eigenvalue weighted by Crippen LogP contribution is -2.60. The second kappa shape index (κ2) is 28.7. The van der Waals surface area contributed by atoms with E-state index in [-0.39, 0.29) is 68.5 Å². The Morgan fingerprint density at radius 3 is 2.00 bits per heavy atom. The van der Waals surface area contributed by atoms with E-state index in [9.17, 15) is 43.2 Å². The van der Waals surface area contributed by atoms with Crippen molar-refractivity contribution in [3.8, 4) is 0 Å². The van der Waals surface area contributed by atoms with Crippen molar-refractivity contribution in [3.63, 3.8) is 0 Å². The predicted molar refractivity (Wildman–Crippen MR) is 297 cm³/mol. The number of nitrogens with two attached hydrogens (primary N) is 3. The van der Waals surface area contributed by atoms with Crippen LogP contribution >= 0.6 is 21.6 Å². The Labute approximate surface area is 459 Å². The van der Waals surface area contributed by atoms with Crippen molar-refractivity contribution in [2.45, 2.75) is 127 Å². The summed E-state index contributed by atoms with van der Waals surface area (Å²) in [7, 11) is 2.21. The molecule has 26 heteroatoms. The van der Waals surface area contributed by atoms with E-state index in [1.54, 1.807) is 50.4 Å². The minimum atomic E-state index is -1.37. The van der Waals surface area contributed by atoms with Crippen LogP contribution in [0.4, 0.5) is 4.79 Å². The standard InChI is InChI=1S/C52H71N15O9S2/c1-5-6-18-41(67-50(75)42(28(2)3)66-52(67)76)34-25-77-78-26-40(43(53)68)65-48(73)38(21-31-23-58-35-16-11-10-15-33(31)35)64-46(71)36(17-12-19-57-51(54)55)61-47(72)37(20-30-13-8-7-9-14-30)63-49(74)39(22-32-24-56-27-59-32)62-44(69)29(4)60-45(34)70/h7-11,13-16,23-24,27-29,34,36-42,58H,5-6,12,17-22,25-26H2,1-4H3,(H2,53,68)(H,56,59)(H,60,70)(H,61,72)(H,62,69)(H,63,74)(H,64,71)(H,65,73)(H,66,76)(H4,54,55,57). The number of amides is 10. The van der Waals surface area contributed by atoms with Gasteiger partial charge in [-0.25, -0.2) is 9.78 Å². The number of aliphatic imine (C=N–C) groups is 1.